The molecule has 0 radical (unpaired) electrons. The molecule has 0 bridgehead atoms. The van der Waals surface area contributed by atoms with Crippen molar-refractivity contribution in [2.75, 3.05) is 13.7 Å². The summed E-state index contributed by atoms with van der Waals surface area (Å²) in [5, 5.41) is 11.6. The Balaban J connectivity index is 1.91. The van der Waals surface area contributed by atoms with Gasteiger partial charge in [0.15, 0.2) is 0 Å². The maximum absolute atomic E-state index is 11.7. The number of rotatable bonds is 6. The van der Waals surface area contributed by atoms with Crippen molar-refractivity contribution in [1.29, 1.82) is 0 Å². The minimum Gasteiger partial charge on any atom is -0.496 e. The van der Waals surface area contributed by atoms with E-state index >= 15 is 0 Å². The first kappa shape index (κ1) is 14.1. The molecule has 0 heterocycles. The van der Waals surface area contributed by atoms with Crippen molar-refractivity contribution >= 4 is 18.0 Å². The molecule has 1 aliphatic rings. The number of nitrogens with one attached hydrogen (secondary N) is 1. The van der Waals surface area contributed by atoms with Crippen molar-refractivity contribution in [3.63, 3.8) is 0 Å². The molecule has 0 aromatic heterocycles. The number of carbonyl (C=O) groups is 2. The third-order valence-electron chi connectivity index (χ3n) is 3.46. The van der Waals surface area contributed by atoms with Gasteiger partial charge < -0.3 is 15.2 Å². The number of hydrogen-bond acceptors (Lipinski definition) is 3. The van der Waals surface area contributed by atoms with Gasteiger partial charge in [0.2, 0.25) is 5.91 Å². The topological polar surface area (TPSA) is 75.6 Å². The second kappa shape index (κ2) is 5.77. The molecule has 1 aromatic rings. The highest BCUT2D eigenvalue weighted by molar-refractivity contribution is 5.92. The number of carboxylic acid groups (broad SMARTS) is 1. The fraction of sp³-hybridized carbons (Fsp3) is 0.333. The van der Waals surface area contributed by atoms with Crippen LogP contribution < -0.4 is 10.1 Å². The van der Waals surface area contributed by atoms with Gasteiger partial charge in [0.25, 0.3) is 0 Å². The summed E-state index contributed by atoms with van der Waals surface area (Å²) in [5.74, 6) is -0.462. The van der Waals surface area contributed by atoms with Crippen molar-refractivity contribution in [1.82, 2.24) is 5.32 Å². The highest BCUT2D eigenvalue weighted by Crippen LogP contribution is 2.45. The van der Waals surface area contributed by atoms with Crippen LogP contribution in [0.2, 0.25) is 0 Å². The number of amides is 1. The highest BCUT2D eigenvalue weighted by atomic mass is 16.5. The zero-order valence-corrected chi connectivity index (χ0v) is 11.3. The van der Waals surface area contributed by atoms with Crippen LogP contribution in [0.1, 0.15) is 18.4 Å². The Morgan fingerprint density at radius 3 is 2.70 bits per heavy atom. The molecule has 2 rings (SSSR count). The van der Waals surface area contributed by atoms with Crippen LogP contribution in [0.5, 0.6) is 5.75 Å². The van der Waals surface area contributed by atoms with Crippen molar-refractivity contribution < 1.29 is 19.4 Å². The Bertz CT molecular complexity index is 547. The van der Waals surface area contributed by atoms with Crippen LogP contribution in [0.25, 0.3) is 6.08 Å². The minimum atomic E-state index is -0.841. The third kappa shape index (κ3) is 3.17. The first-order valence-electron chi connectivity index (χ1n) is 6.40. The highest BCUT2D eigenvalue weighted by Gasteiger charge is 2.50. The van der Waals surface area contributed by atoms with E-state index in [-0.39, 0.29) is 12.5 Å². The second-order valence-corrected chi connectivity index (χ2v) is 4.88. The second-order valence-electron chi connectivity index (χ2n) is 4.88. The van der Waals surface area contributed by atoms with Crippen molar-refractivity contribution in [3.8, 4) is 5.75 Å². The molecular formula is C15H17NO4. The van der Waals surface area contributed by atoms with Crippen molar-refractivity contribution in [3.05, 3.63) is 35.9 Å². The van der Waals surface area contributed by atoms with Gasteiger partial charge in [-0.05, 0) is 25.0 Å². The van der Waals surface area contributed by atoms with Gasteiger partial charge >= 0.3 is 5.97 Å². The minimum absolute atomic E-state index is 0.178. The van der Waals surface area contributed by atoms with Gasteiger partial charge in [-0.2, -0.15) is 0 Å². The van der Waals surface area contributed by atoms with Gasteiger partial charge in [-0.15, -0.1) is 0 Å². The lowest BCUT2D eigenvalue weighted by Gasteiger charge is -2.09. The number of carbonyl (C=O) groups excluding carboxylic acids is 1. The molecule has 0 spiro atoms. The molecule has 2 N–H and O–H groups in total. The molecule has 1 aromatic carbocycles. The fourth-order valence-electron chi connectivity index (χ4n) is 1.90. The van der Waals surface area contributed by atoms with Gasteiger partial charge in [0.1, 0.15) is 5.75 Å². The standard InChI is InChI=1S/C15H17NO4/c1-20-12-5-3-2-4-11(12)6-7-13(17)16-10-15(8-9-15)14(18)19/h2-7H,8-10H2,1H3,(H,16,17)(H,18,19)/b7-6+. The molecular weight excluding hydrogens is 258 g/mol. The molecule has 0 saturated heterocycles. The molecule has 1 saturated carbocycles. The Kier molecular flexibility index (Phi) is 4.08. The number of aliphatic carboxylic acids is 1. The number of para-hydroxylation sites is 1. The van der Waals surface area contributed by atoms with Gasteiger partial charge in [0.05, 0.1) is 12.5 Å². The molecule has 5 nitrogen and oxygen atoms in total. The summed E-state index contributed by atoms with van der Waals surface area (Å²) in [5.41, 5.74) is 0.0537. The number of carboxylic acids is 1. The quantitative estimate of drug-likeness (QED) is 0.775. The number of methoxy groups -OCH3 is 1. The van der Waals surface area contributed by atoms with E-state index in [1.165, 1.54) is 6.08 Å². The largest absolute Gasteiger partial charge is 0.496 e. The number of hydrogen-bond donors (Lipinski definition) is 2. The van der Waals surface area contributed by atoms with E-state index in [0.29, 0.717) is 18.6 Å². The molecule has 1 aliphatic carbocycles. The first-order valence-corrected chi connectivity index (χ1v) is 6.40. The van der Waals surface area contributed by atoms with E-state index in [1.807, 2.05) is 18.2 Å². The summed E-state index contributed by atoms with van der Waals surface area (Å²) in [6.45, 7) is 0.178. The van der Waals surface area contributed by atoms with Crippen LogP contribution in [0, 0.1) is 5.41 Å². The molecule has 5 heteroatoms. The molecule has 20 heavy (non-hydrogen) atoms. The smallest absolute Gasteiger partial charge is 0.311 e. The van der Waals surface area contributed by atoms with E-state index in [0.717, 1.165) is 5.56 Å². The fourth-order valence-corrected chi connectivity index (χ4v) is 1.90. The molecule has 1 fully saturated rings. The Labute approximate surface area is 117 Å². The Hall–Kier alpha value is -2.30. The monoisotopic (exact) mass is 275 g/mol. The van der Waals surface area contributed by atoms with Crippen molar-refractivity contribution in [2.45, 2.75) is 12.8 Å². The van der Waals surface area contributed by atoms with E-state index in [9.17, 15) is 9.59 Å². The third-order valence-corrected chi connectivity index (χ3v) is 3.46. The van der Waals surface area contributed by atoms with Crippen LogP contribution in [0.3, 0.4) is 0 Å². The molecule has 0 atom stereocenters. The van der Waals surface area contributed by atoms with Gasteiger partial charge in [-0.25, -0.2) is 0 Å². The number of benzene rings is 1. The lowest BCUT2D eigenvalue weighted by atomic mass is 10.1. The summed E-state index contributed by atoms with van der Waals surface area (Å²) in [6, 6.07) is 7.34. The summed E-state index contributed by atoms with van der Waals surface area (Å²) < 4.78 is 5.17. The first-order chi connectivity index (χ1) is 9.57. The van der Waals surface area contributed by atoms with Gasteiger partial charge in [-0.3, -0.25) is 9.59 Å². The molecule has 1 amide bonds. The van der Waals surface area contributed by atoms with Gasteiger partial charge in [0, 0.05) is 18.2 Å². The SMILES string of the molecule is COc1ccccc1/C=C/C(=O)NCC1(C(=O)O)CC1. The predicted molar refractivity (Wildman–Crippen MR) is 74.3 cm³/mol. The zero-order chi connectivity index (χ0) is 14.6. The predicted octanol–water partition coefficient (Wildman–Crippen LogP) is 1.69. The zero-order valence-electron chi connectivity index (χ0n) is 11.3. The van der Waals surface area contributed by atoms with E-state index < -0.39 is 11.4 Å². The maximum Gasteiger partial charge on any atom is 0.311 e. The maximum atomic E-state index is 11.7. The van der Waals surface area contributed by atoms with E-state index in [4.69, 9.17) is 9.84 Å². The average Bonchev–Trinajstić information content (AvgIpc) is 3.24. The lowest BCUT2D eigenvalue weighted by Crippen LogP contribution is -2.33. The lowest BCUT2D eigenvalue weighted by molar-refractivity contribution is -0.143. The van der Waals surface area contributed by atoms with Crippen LogP contribution in [-0.4, -0.2) is 30.6 Å². The summed E-state index contributed by atoms with van der Waals surface area (Å²) in [6.07, 6.45) is 4.28. The van der Waals surface area contributed by atoms with Crippen LogP contribution in [0.15, 0.2) is 30.3 Å². The Morgan fingerprint density at radius 2 is 2.10 bits per heavy atom. The summed E-state index contributed by atoms with van der Waals surface area (Å²) >= 11 is 0. The summed E-state index contributed by atoms with van der Waals surface area (Å²) in [4.78, 5) is 22.7. The van der Waals surface area contributed by atoms with Gasteiger partial charge in [-0.1, -0.05) is 18.2 Å². The Morgan fingerprint density at radius 1 is 1.40 bits per heavy atom. The average molecular weight is 275 g/mol. The summed E-state index contributed by atoms with van der Waals surface area (Å²) in [7, 11) is 1.57. The van der Waals surface area contributed by atoms with E-state index in [1.54, 1.807) is 19.3 Å². The van der Waals surface area contributed by atoms with Crippen LogP contribution >= 0.6 is 0 Å². The number of ether oxygens (including phenoxy) is 1. The van der Waals surface area contributed by atoms with Crippen LogP contribution in [0.4, 0.5) is 0 Å². The van der Waals surface area contributed by atoms with Crippen LogP contribution in [-0.2, 0) is 9.59 Å². The molecule has 0 aliphatic heterocycles. The molecule has 106 valence electrons. The molecule has 0 unspecified atom stereocenters. The van der Waals surface area contributed by atoms with Crippen molar-refractivity contribution in [2.24, 2.45) is 5.41 Å². The van der Waals surface area contributed by atoms with E-state index in [2.05, 4.69) is 5.32 Å². The normalized spacial score (nSPS) is 15.8.